The predicted octanol–water partition coefficient (Wildman–Crippen LogP) is 9.41. The summed E-state index contributed by atoms with van der Waals surface area (Å²) in [4.78, 5) is 25.2. The van der Waals surface area contributed by atoms with E-state index in [1.165, 1.54) is 64.1 Å². The fraction of sp³-hybridized carbons (Fsp3) is 0.471. The molecule has 0 N–H and O–H groups in total. The molecule has 0 unspecified atom stereocenters. The molecule has 0 amide bonds. The van der Waals surface area contributed by atoms with Gasteiger partial charge in [0.25, 0.3) is 0 Å². The van der Waals surface area contributed by atoms with Gasteiger partial charge in [-0.1, -0.05) is 82.6 Å². The standard InChI is InChI=1S/C34H44O5/c1-3-4-5-6-7-8-9-10-11-12-13-14-15-16-17-18-33(35)39-28-21-19-27(20-22-28)31-26-38-32-25-29(37-2)23-24-30(32)34(31)36/h10-11,19-26H,3-9,12-18H2,1-2H3/b11-10-. The molecule has 0 aliphatic rings. The van der Waals surface area contributed by atoms with Gasteiger partial charge < -0.3 is 13.9 Å². The number of rotatable bonds is 18. The SMILES string of the molecule is CCCCCCCC/C=C\CCCCCCCC(=O)Oc1ccc(-c2coc3cc(OC)ccc3c2=O)cc1. The summed E-state index contributed by atoms with van der Waals surface area (Å²) in [6, 6.07) is 12.1. The van der Waals surface area contributed by atoms with Crippen molar-refractivity contribution in [3.63, 3.8) is 0 Å². The molecule has 0 atom stereocenters. The van der Waals surface area contributed by atoms with Gasteiger partial charge in [-0.25, -0.2) is 0 Å². The molecule has 0 aliphatic heterocycles. The summed E-state index contributed by atoms with van der Waals surface area (Å²) in [6.45, 7) is 2.26. The number of esters is 1. The summed E-state index contributed by atoms with van der Waals surface area (Å²) in [7, 11) is 1.57. The minimum Gasteiger partial charge on any atom is -0.497 e. The first-order valence-electron chi connectivity index (χ1n) is 14.7. The average Bonchev–Trinajstić information content (AvgIpc) is 2.95. The molecule has 1 aromatic heterocycles. The number of carbonyl (C=O) groups excluding carboxylic acids is 1. The lowest BCUT2D eigenvalue weighted by Crippen LogP contribution is -2.08. The van der Waals surface area contributed by atoms with Crippen molar-refractivity contribution in [2.75, 3.05) is 7.11 Å². The van der Waals surface area contributed by atoms with E-state index in [-0.39, 0.29) is 11.4 Å². The van der Waals surface area contributed by atoms with Crippen LogP contribution in [0.2, 0.25) is 0 Å². The van der Waals surface area contributed by atoms with Gasteiger partial charge in [-0.3, -0.25) is 9.59 Å². The number of allylic oxidation sites excluding steroid dienone is 2. The lowest BCUT2D eigenvalue weighted by molar-refractivity contribution is -0.134. The van der Waals surface area contributed by atoms with Gasteiger partial charge in [0.05, 0.1) is 18.1 Å². The van der Waals surface area contributed by atoms with Gasteiger partial charge in [0.1, 0.15) is 23.3 Å². The van der Waals surface area contributed by atoms with Gasteiger partial charge in [0, 0.05) is 12.5 Å². The van der Waals surface area contributed by atoms with Crippen molar-refractivity contribution >= 4 is 16.9 Å². The van der Waals surface area contributed by atoms with Gasteiger partial charge in [-0.15, -0.1) is 0 Å². The van der Waals surface area contributed by atoms with E-state index in [2.05, 4.69) is 19.1 Å². The molecule has 3 aromatic rings. The summed E-state index contributed by atoms with van der Waals surface area (Å²) in [5.41, 5.74) is 1.52. The van der Waals surface area contributed by atoms with Crippen LogP contribution in [0, 0.1) is 0 Å². The van der Waals surface area contributed by atoms with Crippen LogP contribution in [0.4, 0.5) is 0 Å². The van der Waals surface area contributed by atoms with Crippen LogP contribution < -0.4 is 14.9 Å². The van der Waals surface area contributed by atoms with Crippen LogP contribution in [-0.4, -0.2) is 13.1 Å². The number of methoxy groups -OCH3 is 1. The van der Waals surface area contributed by atoms with Crippen LogP contribution in [0.3, 0.4) is 0 Å². The van der Waals surface area contributed by atoms with Crippen molar-refractivity contribution in [1.29, 1.82) is 0 Å². The van der Waals surface area contributed by atoms with Crippen molar-refractivity contribution in [2.45, 2.75) is 96.8 Å². The van der Waals surface area contributed by atoms with Crippen LogP contribution in [0.1, 0.15) is 96.8 Å². The topological polar surface area (TPSA) is 65.7 Å². The monoisotopic (exact) mass is 532 g/mol. The summed E-state index contributed by atoms with van der Waals surface area (Å²) >= 11 is 0. The van der Waals surface area contributed by atoms with Gasteiger partial charge >= 0.3 is 5.97 Å². The molecule has 0 radical (unpaired) electrons. The Labute approximate surface area is 233 Å². The van der Waals surface area contributed by atoms with E-state index in [1.54, 1.807) is 49.6 Å². The third kappa shape index (κ3) is 10.4. The van der Waals surface area contributed by atoms with Crippen molar-refractivity contribution in [2.24, 2.45) is 0 Å². The third-order valence-electron chi connectivity index (χ3n) is 7.02. The fourth-order valence-corrected chi connectivity index (χ4v) is 4.66. The zero-order valence-corrected chi connectivity index (χ0v) is 23.7. The first kappa shape index (κ1) is 30.2. The molecule has 2 aromatic carbocycles. The van der Waals surface area contributed by atoms with E-state index in [9.17, 15) is 9.59 Å². The molecule has 1 heterocycles. The largest absolute Gasteiger partial charge is 0.497 e. The quantitative estimate of drug-likeness (QED) is 0.0706. The molecule has 0 saturated heterocycles. The molecule has 0 fully saturated rings. The number of carbonyl (C=O) groups is 1. The lowest BCUT2D eigenvalue weighted by atomic mass is 10.1. The molecule has 0 bridgehead atoms. The van der Waals surface area contributed by atoms with Crippen molar-refractivity contribution in [3.8, 4) is 22.6 Å². The second kappa shape index (κ2) is 17.3. The Morgan fingerprint density at radius 2 is 1.41 bits per heavy atom. The third-order valence-corrected chi connectivity index (χ3v) is 7.02. The molecule has 5 nitrogen and oxygen atoms in total. The average molecular weight is 533 g/mol. The Kier molecular flexibility index (Phi) is 13.4. The van der Waals surface area contributed by atoms with E-state index in [4.69, 9.17) is 13.9 Å². The van der Waals surface area contributed by atoms with E-state index in [0.717, 1.165) is 25.7 Å². The van der Waals surface area contributed by atoms with Crippen molar-refractivity contribution in [1.82, 2.24) is 0 Å². The number of fused-ring (bicyclic) bond motifs is 1. The van der Waals surface area contributed by atoms with Crippen LogP contribution in [0.15, 0.2) is 70.1 Å². The highest BCUT2D eigenvalue weighted by molar-refractivity contribution is 5.82. The first-order valence-corrected chi connectivity index (χ1v) is 14.7. The molecule has 39 heavy (non-hydrogen) atoms. The number of unbranched alkanes of at least 4 members (excludes halogenated alkanes) is 11. The Hall–Kier alpha value is -3.34. The highest BCUT2D eigenvalue weighted by Crippen LogP contribution is 2.25. The van der Waals surface area contributed by atoms with E-state index < -0.39 is 0 Å². The van der Waals surface area contributed by atoms with Crippen molar-refractivity contribution in [3.05, 3.63) is 71.1 Å². The Balaban J connectivity index is 1.30. The minimum absolute atomic E-state index is 0.118. The van der Waals surface area contributed by atoms with Gasteiger partial charge in [-0.2, -0.15) is 0 Å². The predicted molar refractivity (Wildman–Crippen MR) is 160 cm³/mol. The lowest BCUT2D eigenvalue weighted by Gasteiger charge is -2.07. The molecule has 3 rings (SSSR count). The maximum absolute atomic E-state index is 12.9. The van der Waals surface area contributed by atoms with Crippen molar-refractivity contribution < 1.29 is 18.7 Å². The normalized spacial score (nSPS) is 11.3. The van der Waals surface area contributed by atoms with Crippen LogP contribution >= 0.6 is 0 Å². The Bertz CT molecular complexity index is 1220. The molecule has 0 spiro atoms. The molecule has 0 saturated carbocycles. The van der Waals surface area contributed by atoms with Crippen LogP contribution in [0.25, 0.3) is 22.1 Å². The number of hydrogen-bond acceptors (Lipinski definition) is 5. The van der Waals surface area contributed by atoms with Gasteiger partial charge in [0.2, 0.25) is 0 Å². The molecule has 0 aliphatic carbocycles. The van der Waals surface area contributed by atoms with E-state index in [1.807, 2.05) is 0 Å². The number of ether oxygens (including phenoxy) is 2. The summed E-state index contributed by atoms with van der Waals surface area (Å²) < 4.78 is 16.3. The van der Waals surface area contributed by atoms with Gasteiger partial charge in [-0.05, 0) is 61.9 Å². The van der Waals surface area contributed by atoms with Crippen LogP contribution in [0.5, 0.6) is 11.5 Å². The molecular weight excluding hydrogens is 488 g/mol. The Morgan fingerprint density at radius 1 is 0.795 bits per heavy atom. The second-order valence-electron chi connectivity index (χ2n) is 10.2. The van der Waals surface area contributed by atoms with Gasteiger partial charge in [0.15, 0.2) is 5.43 Å². The van der Waals surface area contributed by atoms with Crippen LogP contribution in [-0.2, 0) is 4.79 Å². The zero-order valence-electron chi connectivity index (χ0n) is 23.7. The summed E-state index contributed by atoms with van der Waals surface area (Å²) in [5.74, 6) is 0.886. The molecule has 5 heteroatoms. The minimum atomic E-state index is -0.223. The summed E-state index contributed by atoms with van der Waals surface area (Å²) in [5, 5.41) is 0.490. The van der Waals surface area contributed by atoms with E-state index >= 15 is 0 Å². The second-order valence-corrected chi connectivity index (χ2v) is 10.2. The number of benzene rings is 2. The first-order chi connectivity index (χ1) is 19.1. The maximum Gasteiger partial charge on any atom is 0.311 e. The Morgan fingerprint density at radius 3 is 2.08 bits per heavy atom. The number of hydrogen-bond donors (Lipinski definition) is 0. The zero-order chi connectivity index (χ0) is 27.7. The van der Waals surface area contributed by atoms with E-state index in [0.29, 0.717) is 40.0 Å². The summed E-state index contributed by atoms with van der Waals surface area (Å²) in [6.07, 6.45) is 22.5. The fourth-order valence-electron chi connectivity index (χ4n) is 4.66. The molecule has 210 valence electrons. The molecular formula is C34H44O5. The highest BCUT2D eigenvalue weighted by atomic mass is 16.5. The smallest absolute Gasteiger partial charge is 0.311 e. The highest BCUT2D eigenvalue weighted by Gasteiger charge is 2.11. The maximum atomic E-state index is 12.9.